The molecule has 1 aromatic heterocycles. The van der Waals surface area contributed by atoms with Crippen molar-refractivity contribution in [2.45, 2.75) is 58.2 Å². The number of tetrazole rings is 1. The largest absolute Gasteiger partial charge is 0.466 e. The first-order chi connectivity index (χ1) is 11.0. The number of carbonyl (C=O) groups is 2. The molecule has 2 aliphatic heterocycles. The number of fused-ring (bicyclic) bond motifs is 2. The van der Waals surface area contributed by atoms with Crippen LogP contribution in [0.5, 0.6) is 0 Å². The molecular formula is C14H22N6O3. The third-order valence-corrected chi connectivity index (χ3v) is 5.19. The fourth-order valence-electron chi connectivity index (χ4n) is 4.11. The van der Waals surface area contributed by atoms with Gasteiger partial charge in [-0.25, -0.2) is 4.68 Å². The molecule has 3 atom stereocenters. The summed E-state index contributed by atoms with van der Waals surface area (Å²) in [5.74, 6) is -0.178. The predicted octanol–water partition coefficient (Wildman–Crippen LogP) is -0.0219. The van der Waals surface area contributed by atoms with E-state index in [9.17, 15) is 9.59 Å². The predicted molar refractivity (Wildman–Crippen MR) is 79.9 cm³/mol. The molecule has 2 bridgehead atoms. The van der Waals surface area contributed by atoms with Crippen LogP contribution >= 0.6 is 0 Å². The van der Waals surface area contributed by atoms with Crippen LogP contribution in [0.4, 0.5) is 5.95 Å². The van der Waals surface area contributed by atoms with Gasteiger partial charge in [0.05, 0.1) is 12.0 Å². The van der Waals surface area contributed by atoms with Gasteiger partial charge in [0.15, 0.2) is 0 Å². The van der Waals surface area contributed by atoms with Crippen LogP contribution in [0.15, 0.2) is 0 Å². The molecule has 2 fully saturated rings. The maximum Gasteiger partial charge on any atom is 0.314 e. The molecule has 1 amide bonds. The van der Waals surface area contributed by atoms with Crippen molar-refractivity contribution >= 4 is 17.8 Å². The first kappa shape index (κ1) is 15.7. The molecule has 3 rings (SSSR count). The van der Waals surface area contributed by atoms with Crippen molar-refractivity contribution in [1.29, 1.82) is 0 Å². The number of anilines is 1. The molecule has 0 aliphatic carbocycles. The molecule has 2 aliphatic rings. The summed E-state index contributed by atoms with van der Waals surface area (Å²) in [6, 6.07) is -0.0312. The summed E-state index contributed by atoms with van der Waals surface area (Å²) in [5.41, 5.74) is 5.04. The molecule has 0 radical (unpaired) electrons. The highest BCUT2D eigenvalue weighted by Gasteiger charge is 2.61. The average Bonchev–Trinajstić information content (AvgIpc) is 3.21. The number of hydrogen-bond acceptors (Lipinski definition) is 7. The summed E-state index contributed by atoms with van der Waals surface area (Å²) in [7, 11) is 0. The van der Waals surface area contributed by atoms with Gasteiger partial charge >= 0.3 is 5.97 Å². The number of nitrogens with zero attached hydrogens (tertiary/aromatic N) is 5. The van der Waals surface area contributed by atoms with Crippen molar-refractivity contribution in [2.24, 2.45) is 5.41 Å². The monoisotopic (exact) mass is 322 g/mol. The van der Waals surface area contributed by atoms with E-state index in [-0.39, 0.29) is 36.5 Å². The van der Waals surface area contributed by atoms with Crippen LogP contribution in [0.3, 0.4) is 0 Å². The Kier molecular flexibility index (Phi) is 3.95. The van der Waals surface area contributed by atoms with Crippen molar-refractivity contribution < 1.29 is 14.3 Å². The molecule has 2 saturated heterocycles. The van der Waals surface area contributed by atoms with Gasteiger partial charge in [-0.3, -0.25) is 9.59 Å². The number of amides is 1. The maximum atomic E-state index is 12.7. The first-order valence-corrected chi connectivity index (χ1v) is 8.03. The van der Waals surface area contributed by atoms with E-state index in [2.05, 4.69) is 15.5 Å². The van der Waals surface area contributed by atoms with Gasteiger partial charge in [-0.2, -0.15) is 0 Å². The summed E-state index contributed by atoms with van der Waals surface area (Å²) in [4.78, 5) is 27.1. The zero-order valence-electron chi connectivity index (χ0n) is 13.4. The summed E-state index contributed by atoms with van der Waals surface area (Å²) >= 11 is 0. The second kappa shape index (κ2) is 5.78. The Hall–Kier alpha value is -2.19. The van der Waals surface area contributed by atoms with E-state index in [1.54, 1.807) is 6.92 Å². The molecule has 0 aromatic carbocycles. The Morgan fingerprint density at radius 3 is 2.78 bits per heavy atom. The molecule has 0 unspecified atom stereocenters. The number of rotatable bonds is 5. The number of carbonyl (C=O) groups excluding carboxylic acids is 2. The minimum atomic E-state index is -0.583. The fourth-order valence-corrected chi connectivity index (χ4v) is 4.11. The van der Waals surface area contributed by atoms with Crippen LogP contribution in [0.25, 0.3) is 0 Å². The molecule has 0 saturated carbocycles. The third kappa shape index (κ3) is 2.34. The molecule has 23 heavy (non-hydrogen) atoms. The van der Waals surface area contributed by atoms with Crippen molar-refractivity contribution in [1.82, 2.24) is 25.1 Å². The molecule has 0 spiro atoms. The lowest BCUT2D eigenvalue weighted by Crippen LogP contribution is -2.46. The van der Waals surface area contributed by atoms with Crippen molar-refractivity contribution in [2.75, 3.05) is 12.3 Å². The lowest BCUT2D eigenvalue weighted by molar-refractivity contribution is -0.158. The zero-order valence-corrected chi connectivity index (χ0v) is 13.4. The quantitative estimate of drug-likeness (QED) is 0.757. The first-order valence-electron chi connectivity index (χ1n) is 8.03. The lowest BCUT2D eigenvalue weighted by atomic mass is 9.72. The standard InChI is InChI=1S/C14H22N6O3/c1-3-14(12(22)23-4-2)7-9-5-6-10(14)20(9)11(21)8-19-13(15)16-17-18-19/h9-10H,3-8H2,1-2H3,(H2,15,16,18)/t9-,10+,14+/m1/s1. The van der Waals surface area contributed by atoms with Gasteiger partial charge in [-0.1, -0.05) is 12.0 Å². The van der Waals surface area contributed by atoms with E-state index in [0.717, 1.165) is 12.8 Å². The second-order valence-corrected chi connectivity index (χ2v) is 6.18. The number of ether oxygens (including phenoxy) is 1. The smallest absolute Gasteiger partial charge is 0.314 e. The highest BCUT2D eigenvalue weighted by atomic mass is 16.5. The topological polar surface area (TPSA) is 116 Å². The van der Waals surface area contributed by atoms with Crippen molar-refractivity contribution in [3.05, 3.63) is 0 Å². The van der Waals surface area contributed by atoms with E-state index in [1.807, 2.05) is 11.8 Å². The molecule has 9 heteroatoms. The summed E-state index contributed by atoms with van der Waals surface area (Å²) in [5, 5.41) is 10.7. The Balaban J connectivity index is 1.81. The molecule has 1 aromatic rings. The Labute approximate surface area is 134 Å². The molecule has 2 N–H and O–H groups in total. The van der Waals surface area contributed by atoms with Crippen LogP contribution in [0.1, 0.15) is 39.5 Å². The SMILES string of the molecule is CCOC(=O)[C@@]1(CC)C[C@H]2CC[C@@H]1N2C(=O)Cn1nnnc1N. The number of aromatic nitrogens is 4. The van der Waals surface area contributed by atoms with E-state index < -0.39 is 5.41 Å². The number of nitrogens with two attached hydrogens (primary N) is 1. The zero-order chi connectivity index (χ0) is 16.6. The van der Waals surface area contributed by atoms with Gasteiger partial charge in [-0.05, 0) is 43.0 Å². The Morgan fingerprint density at radius 2 is 2.17 bits per heavy atom. The number of esters is 1. The molecule has 3 heterocycles. The minimum absolute atomic E-state index is 0.00550. The highest BCUT2D eigenvalue weighted by Crippen LogP contribution is 2.52. The highest BCUT2D eigenvalue weighted by molar-refractivity contribution is 5.83. The maximum absolute atomic E-state index is 12.7. The minimum Gasteiger partial charge on any atom is -0.466 e. The average molecular weight is 322 g/mol. The summed E-state index contributed by atoms with van der Waals surface area (Å²) in [6.07, 6.45) is 3.09. The van der Waals surface area contributed by atoms with Crippen molar-refractivity contribution in [3.63, 3.8) is 0 Å². The molecular weight excluding hydrogens is 300 g/mol. The van der Waals surface area contributed by atoms with E-state index in [0.29, 0.717) is 19.4 Å². The second-order valence-electron chi connectivity index (χ2n) is 6.18. The Bertz CT molecular complexity index is 617. The van der Waals surface area contributed by atoms with Crippen LogP contribution in [0.2, 0.25) is 0 Å². The normalized spacial score (nSPS) is 29.0. The van der Waals surface area contributed by atoms with Gasteiger partial charge in [0.25, 0.3) is 0 Å². The van der Waals surface area contributed by atoms with Gasteiger partial charge < -0.3 is 15.4 Å². The van der Waals surface area contributed by atoms with Crippen LogP contribution in [0, 0.1) is 5.41 Å². The summed E-state index contributed by atoms with van der Waals surface area (Å²) in [6.45, 7) is 4.14. The van der Waals surface area contributed by atoms with Gasteiger partial charge in [0.2, 0.25) is 11.9 Å². The van der Waals surface area contributed by atoms with Gasteiger partial charge in [0.1, 0.15) is 6.54 Å². The van der Waals surface area contributed by atoms with E-state index in [4.69, 9.17) is 10.5 Å². The number of hydrogen-bond donors (Lipinski definition) is 1. The summed E-state index contributed by atoms with van der Waals surface area (Å²) < 4.78 is 6.57. The van der Waals surface area contributed by atoms with Crippen LogP contribution in [-0.4, -0.2) is 55.7 Å². The Morgan fingerprint density at radius 1 is 1.39 bits per heavy atom. The van der Waals surface area contributed by atoms with E-state index >= 15 is 0 Å². The van der Waals surface area contributed by atoms with Crippen LogP contribution < -0.4 is 5.73 Å². The van der Waals surface area contributed by atoms with E-state index in [1.165, 1.54) is 4.68 Å². The number of nitrogen functional groups attached to an aromatic ring is 1. The van der Waals surface area contributed by atoms with Crippen molar-refractivity contribution in [3.8, 4) is 0 Å². The van der Waals surface area contributed by atoms with Gasteiger partial charge in [0, 0.05) is 12.1 Å². The van der Waals surface area contributed by atoms with Crippen LogP contribution in [-0.2, 0) is 20.9 Å². The lowest BCUT2D eigenvalue weighted by Gasteiger charge is -2.34. The third-order valence-electron chi connectivity index (χ3n) is 5.19. The fraction of sp³-hybridized carbons (Fsp3) is 0.786. The van der Waals surface area contributed by atoms with Gasteiger partial charge in [-0.15, -0.1) is 0 Å². The molecule has 9 nitrogen and oxygen atoms in total. The molecule has 126 valence electrons.